The summed E-state index contributed by atoms with van der Waals surface area (Å²) in [5, 5.41) is 3.86. The number of benzene rings is 1. The minimum Gasteiger partial charge on any atom is -0.356 e. The fraction of sp³-hybridized carbons (Fsp3) is 0.286. The van der Waals surface area contributed by atoms with Gasteiger partial charge in [-0.05, 0) is 71.4 Å². The number of rotatable bonds is 8. The van der Waals surface area contributed by atoms with Gasteiger partial charge in [-0.25, -0.2) is 4.98 Å². The van der Waals surface area contributed by atoms with E-state index in [-0.39, 0.29) is 5.56 Å². The largest absolute Gasteiger partial charge is 0.356 e. The maximum atomic E-state index is 12.3. The molecule has 0 spiro atoms. The van der Waals surface area contributed by atoms with Crippen molar-refractivity contribution in [2.24, 2.45) is 0 Å². The van der Waals surface area contributed by atoms with Crippen LogP contribution in [-0.4, -0.2) is 21.5 Å². The summed E-state index contributed by atoms with van der Waals surface area (Å²) in [7, 11) is 0. The van der Waals surface area contributed by atoms with Gasteiger partial charge in [-0.15, -0.1) is 0 Å². The summed E-state index contributed by atoms with van der Waals surface area (Å²) < 4.78 is 1.00. The molecule has 0 atom stereocenters. The van der Waals surface area contributed by atoms with Gasteiger partial charge < -0.3 is 5.32 Å². The van der Waals surface area contributed by atoms with Gasteiger partial charge in [0.15, 0.2) is 0 Å². The van der Waals surface area contributed by atoms with Crippen molar-refractivity contribution >= 4 is 33.5 Å². The Labute approximate surface area is 177 Å². The molecular weight excluding hydrogens is 440 g/mol. The average Bonchev–Trinajstić information content (AvgIpc) is 2.67. The predicted molar refractivity (Wildman–Crippen MR) is 117 cm³/mol. The highest BCUT2D eigenvalue weighted by Gasteiger charge is 2.05. The lowest BCUT2D eigenvalue weighted by molar-refractivity contribution is 0.741. The molecule has 0 radical (unpaired) electrons. The summed E-state index contributed by atoms with van der Waals surface area (Å²) in [6.45, 7) is 2.82. The Morgan fingerprint density at radius 3 is 2.64 bits per heavy atom. The molecule has 3 rings (SSSR count). The fourth-order valence-electron chi connectivity index (χ4n) is 2.91. The summed E-state index contributed by atoms with van der Waals surface area (Å²) >= 11 is 9.33. The van der Waals surface area contributed by atoms with Crippen LogP contribution in [0.15, 0.2) is 52.0 Å². The van der Waals surface area contributed by atoms with Crippen molar-refractivity contribution in [1.82, 2.24) is 15.0 Å². The molecule has 3 aromatic rings. The third kappa shape index (κ3) is 5.91. The number of halogens is 2. The lowest BCUT2D eigenvalue weighted by Crippen LogP contribution is -2.17. The Bertz CT molecular complexity index is 988. The van der Waals surface area contributed by atoms with E-state index in [1.807, 2.05) is 30.5 Å². The molecule has 2 aromatic heterocycles. The smallest absolute Gasteiger partial charge is 0.255 e. The lowest BCUT2D eigenvalue weighted by Gasteiger charge is -2.08. The number of nitrogens with one attached hydrogen (secondary N) is 2. The molecular formula is C21H22BrClN4O. The van der Waals surface area contributed by atoms with E-state index < -0.39 is 0 Å². The van der Waals surface area contributed by atoms with Crippen molar-refractivity contribution in [1.29, 1.82) is 0 Å². The number of aryl methyl sites for hydroxylation is 2. The highest BCUT2D eigenvalue weighted by molar-refractivity contribution is 9.10. The Hall–Kier alpha value is -2.18. The molecule has 2 N–H and O–H groups in total. The Kier molecular flexibility index (Phi) is 7.23. The van der Waals surface area contributed by atoms with Gasteiger partial charge in [0.25, 0.3) is 5.56 Å². The fourth-order valence-corrected chi connectivity index (χ4v) is 3.49. The van der Waals surface area contributed by atoms with E-state index in [4.69, 9.17) is 11.6 Å². The number of pyridine rings is 1. The normalized spacial score (nSPS) is 10.8. The number of aromatic nitrogens is 3. The van der Waals surface area contributed by atoms with Crippen LogP contribution in [0.25, 0.3) is 0 Å². The molecule has 0 saturated carbocycles. The average molecular weight is 462 g/mol. The number of nitrogens with zero attached hydrogens (tertiary/aromatic N) is 2. The Morgan fingerprint density at radius 2 is 1.93 bits per heavy atom. The predicted octanol–water partition coefficient (Wildman–Crippen LogP) is 4.91. The van der Waals surface area contributed by atoms with Crippen LogP contribution < -0.4 is 10.9 Å². The third-order valence-electron chi connectivity index (χ3n) is 4.47. The molecule has 7 heteroatoms. The summed E-state index contributed by atoms with van der Waals surface area (Å²) in [5.41, 5.74) is 3.85. The van der Waals surface area contributed by atoms with E-state index in [1.54, 1.807) is 6.20 Å². The zero-order chi connectivity index (χ0) is 19.9. The number of anilines is 1. The molecule has 0 fully saturated rings. The van der Waals surface area contributed by atoms with E-state index in [2.05, 4.69) is 49.2 Å². The standard InChI is InChI=1S/C21H22BrClN4O/c1-14-10-17(22)13-25-19(14)4-2-3-9-24-21-26-12-16(20(28)27-21)11-15-5-7-18(23)8-6-15/h5-8,10,12-13H,2-4,9,11H2,1H3,(H2,24,26,27,28). The Balaban J connectivity index is 1.46. The highest BCUT2D eigenvalue weighted by Crippen LogP contribution is 2.15. The SMILES string of the molecule is Cc1cc(Br)cnc1CCCCNc1ncc(Cc2ccc(Cl)cc2)c(=O)[nH]1. The Morgan fingerprint density at radius 1 is 1.14 bits per heavy atom. The molecule has 0 unspecified atom stereocenters. The van der Waals surface area contributed by atoms with Crippen molar-refractivity contribution in [2.45, 2.75) is 32.6 Å². The van der Waals surface area contributed by atoms with Gasteiger partial charge in [-0.2, -0.15) is 0 Å². The molecule has 146 valence electrons. The lowest BCUT2D eigenvalue weighted by atomic mass is 10.1. The third-order valence-corrected chi connectivity index (χ3v) is 5.15. The first-order chi connectivity index (χ1) is 13.5. The summed E-state index contributed by atoms with van der Waals surface area (Å²) in [6.07, 6.45) is 6.91. The summed E-state index contributed by atoms with van der Waals surface area (Å²) in [4.78, 5) is 23.9. The van der Waals surface area contributed by atoms with Crippen LogP contribution in [0.1, 0.15) is 35.2 Å². The van der Waals surface area contributed by atoms with Crippen LogP contribution in [0.2, 0.25) is 5.02 Å². The zero-order valence-electron chi connectivity index (χ0n) is 15.6. The number of aromatic amines is 1. The van der Waals surface area contributed by atoms with E-state index in [0.29, 0.717) is 23.0 Å². The van der Waals surface area contributed by atoms with Gasteiger partial charge >= 0.3 is 0 Å². The van der Waals surface area contributed by atoms with Crippen LogP contribution in [0.3, 0.4) is 0 Å². The molecule has 28 heavy (non-hydrogen) atoms. The quantitative estimate of drug-likeness (QED) is 0.467. The minimum atomic E-state index is -0.123. The molecule has 1 aromatic carbocycles. The summed E-state index contributed by atoms with van der Waals surface area (Å²) in [6, 6.07) is 9.55. The van der Waals surface area contributed by atoms with E-state index in [9.17, 15) is 4.79 Å². The number of H-pyrrole nitrogens is 1. The summed E-state index contributed by atoms with van der Waals surface area (Å²) in [5.74, 6) is 0.503. The first-order valence-electron chi connectivity index (χ1n) is 9.19. The molecule has 0 saturated heterocycles. The van der Waals surface area contributed by atoms with Gasteiger partial charge in [0.05, 0.1) is 0 Å². The molecule has 2 heterocycles. The topological polar surface area (TPSA) is 70.7 Å². The first-order valence-corrected chi connectivity index (χ1v) is 10.4. The van der Waals surface area contributed by atoms with E-state index >= 15 is 0 Å². The zero-order valence-corrected chi connectivity index (χ0v) is 18.0. The van der Waals surface area contributed by atoms with Gasteiger partial charge in [-0.3, -0.25) is 14.8 Å². The van der Waals surface area contributed by atoms with Gasteiger partial charge in [-0.1, -0.05) is 23.7 Å². The second-order valence-corrected chi connectivity index (χ2v) is 8.04. The maximum Gasteiger partial charge on any atom is 0.255 e. The molecule has 0 aliphatic carbocycles. The van der Waals surface area contributed by atoms with Crippen molar-refractivity contribution in [3.05, 3.63) is 85.0 Å². The maximum absolute atomic E-state index is 12.3. The first kappa shape index (κ1) is 20.6. The van der Waals surface area contributed by atoms with Crippen LogP contribution in [0.4, 0.5) is 5.95 Å². The van der Waals surface area contributed by atoms with Gasteiger partial charge in [0.1, 0.15) is 0 Å². The van der Waals surface area contributed by atoms with Crippen molar-refractivity contribution in [3.8, 4) is 0 Å². The van der Waals surface area contributed by atoms with Crippen LogP contribution >= 0.6 is 27.5 Å². The van der Waals surface area contributed by atoms with Crippen molar-refractivity contribution in [2.75, 3.05) is 11.9 Å². The minimum absolute atomic E-state index is 0.123. The van der Waals surface area contributed by atoms with Crippen molar-refractivity contribution in [3.63, 3.8) is 0 Å². The molecule has 0 amide bonds. The number of unbranched alkanes of at least 4 members (excludes halogenated alkanes) is 1. The van der Waals surface area contributed by atoms with Gasteiger partial charge in [0, 0.05) is 46.1 Å². The van der Waals surface area contributed by atoms with E-state index in [1.165, 1.54) is 5.56 Å². The van der Waals surface area contributed by atoms with Crippen molar-refractivity contribution < 1.29 is 0 Å². The molecule has 0 bridgehead atoms. The van der Waals surface area contributed by atoms with Gasteiger partial charge in [0.2, 0.25) is 5.95 Å². The van der Waals surface area contributed by atoms with Crippen LogP contribution in [0.5, 0.6) is 0 Å². The molecule has 5 nitrogen and oxygen atoms in total. The second kappa shape index (κ2) is 9.85. The highest BCUT2D eigenvalue weighted by atomic mass is 79.9. The molecule has 0 aliphatic heterocycles. The number of hydrogen-bond acceptors (Lipinski definition) is 4. The second-order valence-electron chi connectivity index (χ2n) is 6.69. The van der Waals surface area contributed by atoms with Crippen LogP contribution in [0, 0.1) is 6.92 Å². The molecule has 0 aliphatic rings. The van der Waals surface area contributed by atoms with Crippen LogP contribution in [-0.2, 0) is 12.8 Å². The monoisotopic (exact) mass is 460 g/mol. The number of hydrogen-bond donors (Lipinski definition) is 2. The van der Waals surface area contributed by atoms with E-state index in [0.717, 1.165) is 41.5 Å².